The summed E-state index contributed by atoms with van der Waals surface area (Å²) < 4.78 is 37.7. The first-order valence-electron chi connectivity index (χ1n) is 5.92. The van der Waals surface area contributed by atoms with Gasteiger partial charge in [0.15, 0.2) is 0 Å². The van der Waals surface area contributed by atoms with E-state index in [9.17, 15) is 13.2 Å². The van der Waals surface area contributed by atoms with Crippen LogP contribution in [-0.4, -0.2) is 9.97 Å². The molecule has 0 N–H and O–H groups in total. The third-order valence-corrected chi connectivity index (χ3v) is 3.05. The third kappa shape index (κ3) is 2.22. The molecule has 20 heavy (non-hydrogen) atoms. The van der Waals surface area contributed by atoms with Crippen LogP contribution in [0.1, 0.15) is 5.56 Å². The number of nitrogens with zero attached hydrogens (tertiary/aromatic N) is 2. The van der Waals surface area contributed by atoms with Crippen molar-refractivity contribution in [2.75, 3.05) is 0 Å². The summed E-state index contributed by atoms with van der Waals surface area (Å²) in [6.45, 7) is 0. The summed E-state index contributed by atoms with van der Waals surface area (Å²) in [5.41, 5.74) is 1.51. The Labute approximate surface area is 112 Å². The summed E-state index contributed by atoms with van der Waals surface area (Å²) in [4.78, 5) is 8.26. The lowest BCUT2D eigenvalue weighted by Crippen LogP contribution is -2.04. The van der Waals surface area contributed by atoms with Crippen molar-refractivity contribution in [3.8, 4) is 11.1 Å². The second kappa shape index (κ2) is 4.59. The lowest BCUT2D eigenvalue weighted by molar-refractivity contribution is -0.137. The van der Waals surface area contributed by atoms with E-state index in [4.69, 9.17) is 0 Å². The van der Waals surface area contributed by atoms with E-state index in [2.05, 4.69) is 9.97 Å². The van der Waals surface area contributed by atoms with Gasteiger partial charge in [0.1, 0.15) is 0 Å². The number of fused-ring (bicyclic) bond motifs is 1. The minimum absolute atomic E-state index is 0.660. The number of aromatic nitrogens is 2. The zero-order chi connectivity index (χ0) is 14.2. The van der Waals surface area contributed by atoms with Gasteiger partial charge < -0.3 is 0 Å². The molecule has 0 radical (unpaired) electrons. The van der Waals surface area contributed by atoms with Crippen molar-refractivity contribution in [2.45, 2.75) is 6.18 Å². The Morgan fingerprint density at radius 1 is 0.900 bits per heavy atom. The van der Waals surface area contributed by atoms with Gasteiger partial charge in [-0.15, -0.1) is 0 Å². The Kier molecular flexibility index (Phi) is 2.89. The monoisotopic (exact) mass is 274 g/mol. The highest BCUT2D eigenvalue weighted by atomic mass is 19.4. The lowest BCUT2D eigenvalue weighted by Gasteiger charge is -2.09. The van der Waals surface area contributed by atoms with E-state index in [-0.39, 0.29) is 0 Å². The van der Waals surface area contributed by atoms with E-state index in [0.717, 1.165) is 23.1 Å². The Hall–Kier alpha value is -2.43. The SMILES string of the molecule is FC(F)(F)c1ccc(-c2cncc3ncccc23)cc1. The topological polar surface area (TPSA) is 25.8 Å². The van der Waals surface area contributed by atoms with Gasteiger partial charge in [0.25, 0.3) is 0 Å². The fourth-order valence-corrected chi connectivity index (χ4v) is 2.07. The highest BCUT2D eigenvalue weighted by Crippen LogP contribution is 2.32. The van der Waals surface area contributed by atoms with E-state index in [1.165, 1.54) is 12.1 Å². The predicted octanol–water partition coefficient (Wildman–Crippen LogP) is 4.32. The number of pyridine rings is 2. The predicted molar refractivity (Wildman–Crippen MR) is 70.0 cm³/mol. The van der Waals surface area contributed by atoms with Crippen molar-refractivity contribution in [2.24, 2.45) is 0 Å². The van der Waals surface area contributed by atoms with Gasteiger partial charge in [-0.1, -0.05) is 18.2 Å². The van der Waals surface area contributed by atoms with Crippen molar-refractivity contribution in [1.29, 1.82) is 0 Å². The van der Waals surface area contributed by atoms with Gasteiger partial charge in [0, 0.05) is 23.3 Å². The average Bonchev–Trinajstić information content (AvgIpc) is 2.46. The van der Waals surface area contributed by atoms with Gasteiger partial charge in [0.05, 0.1) is 17.3 Å². The number of hydrogen-bond donors (Lipinski definition) is 0. The first kappa shape index (κ1) is 12.6. The molecule has 0 aliphatic rings. The number of rotatable bonds is 1. The molecule has 0 saturated carbocycles. The van der Waals surface area contributed by atoms with Crippen LogP contribution in [0.5, 0.6) is 0 Å². The maximum absolute atomic E-state index is 12.6. The molecule has 0 aliphatic heterocycles. The zero-order valence-corrected chi connectivity index (χ0v) is 10.2. The normalized spacial score (nSPS) is 11.8. The number of alkyl halides is 3. The van der Waals surface area contributed by atoms with Crippen LogP contribution in [0.25, 0.3) is 22.0 Å². The second-order valence-corrected chi connectivity index (χ2v) is 4.33. The van der Waals surface area contributed by atoms with Crippen molar-refractivity contribution in [3.05, 3.63) is 60.6 Å². The molecule has 2 nitrogen and oxygen atoms in total. The van der Waals surface area contributed by atoms with Crippen molar-refractivity contribution in [1.82, 2.24) is 9.97 Å². The van der Waals surface area contributed by atoms with Crippen LogP contribution in [0.3, 0.4) is 0 Å². The van der Waals surface area contributed by atoms with Gasteiger partial charge in [-0.3, -0.25) is 9.97 Å². The van der Waals surface area contributed by atoms with Crippen LogP contribution in [0, 0.1) is 0 Å². The fraction of sp³-hybridized carbons (Fsp3) is 0.0667. The van der Waals surface area contributed by atoms with Crippen LogP contribution in [-0.2, 0) is 6.18 Å². The molecular weight excluding hydrogens is 265 g/mol. The molecule has 3 aromatic rings. The molecule has 1 aromatic carbocycles. The average molecular weight is 274 g/mol. The largest absolute Gasteiger partial charge is 0.416 e. The quantitative estimate of drug-likeness (QED) is 0.660. The molecule has 0 unspecified atom stereocenters. The molecule has 2 heterocycles. The Morgan fingerprint density at radius 2 is 1.65 bits per heavy atom. The molecule has 0 amide bonds. The molecule has 0 atom stereocenters. The van der Waals surface area contributed by atoms with E-state index in [1.807, 2.05) is 6.07 Å². The van der Waals surface area contributed by atoms with Crippen molar-refractivity contribution >= 4 is 10.9 Å². The summed E-state index contributed by atoms with van der Waals surface area (Å²) in [6.07, 6.45) is 0.590. The summed E-state index contributed by atoms with van der Waals surface area (Å²) in [6, 6.07) is 8.71. The van der Waals surface area contributed by atoms with E-state index in [1.54, 1.807) is 24.7 Å². The minimum atomic E-state index is -4.32. The number of benzene rings is 1. The van der Waals surface area contributed by atoms with Gasteiger partial charge in [-0.25, -0.2) is 0 Å². The minimum Gasteiger partial charge on any atom is -0.262 e. The van der Waals surface area contributed by atoms with E-state index < -0.39 is 11.7 Å². The Morgan fingerprint density at radius 3 is 2.35 bits per heavy atom. The zero-order valence-electron chi connectivity index (χ0n) is 10.2. The summed E-state index contributed by atoms with van der Waals surface area (Å²) in [5.74, 6) is 0. The van der Waals surface area contributed by atoms with Crippen LogP contribution in [0.2, 0.25) is 0 Å². The molecule has 0 bridgehead atoms. The molecule has 0 saturated heterocycles. The molecular formula is C15H9F3N2. The Balaban J connectivity index is 2.12. The third-order valence-electron chi connectivity index (χ3n) is 3.05. The highest BCUT2D eigenvalue weighted by molar-refractivity contribution is 5.93. The first-order chi connectivity index (χ1) is 9.55. The number of hydrogen-bond acceptors (Lipinski definition) is 2. The van der Waals surface area contributed by atoms with Crippen LogP contribution in [0.4, 0.5) is 13.2 Å². The van der Waals surface area contributed by atoms with Gasteiger partial charge in [0.2, 0.25) is 0 Å². The molecule has 2 aromatic heterocycles. The van der Waals surface area contributed by atoms with Crippen molar-refractivity contribution in [3.63, 3.8) is 0 Å². The standard InChI is InChI=1S/C15H9F3N2/c16-15(17,18)11-5-3-10(4-6-11)13-8-19-9-14-12(13)2-1-7-20-14/h1-9H. The lowest BCUT2D eigenvalue weighted by atomic mass is 10.0. The van der Waals surface area contributed by atoms with E-state index in [0.29, 0.717) is 11.1 Å². The molecule has 5 heteroatoms. The molecule has 0 fully saturated rings. The summed E-state index contributed by atoms with van der Waals surface area (Å²) in [7, 11) is 0. The van der Waals surface area contributed by atoms with Crippen LogP contribution >= 0.6 is 0 Å². The van der Waals surface area contributed by atoms with Gasteiger partial charge in [-0.05, 0) is 23.8 Å². The molecule has 100 valence electrons. The second-order valence-electron chi connectivity index (χ2n) is 4.33. The molecule has 0 spiro atoms. The van der Waals surface area contributed by atoms with Gasteiger partial charge >= 0.3 is 6.18 Å². The molecule has 0 aliphatic carbocycles. The fourth-order valence-electron chi connectivity index (χ4n) is 2.07. The maximum atomic E-state index is 12.6. The Bertz CT molecular complexity index is 744. The summed E-state index contributed by atoms with van der Waals surface area (Å²) >= 11 is 0. The van der Waals surface area contributed by atoms with Crippen molar-refractivity contribution < 1.29 is 13.2 Å². The maximum Gasteiger partial charge on any atom is 0.416 e. The van der Waals surface area contributed by atoms with Crippen LogP contribution < -0.4 is 0 Å². The van der Waals surface area contributed by atoms with Gasteiger partial charge in [-0.2, -0.15) is 13.2 Å². The smallest absolute Gasteiger partial charge is 0.262 e. The van der Waals surface area contributed by atoms with Crippen LogP contribution in [0.15, 0.2) is 55.0 Å². The summed E-state index contributed by atoms with van der Waals surface area (Å²) in [5, 5.41) is 0.863. The van der Waals surface area contributed by atoms with E-state index >= 15 is 0 Å². The first-order valence-corrected chi connectivity index (χ1v) is 5.92. The number of halogens is 3. The molecule has 3 rings (SSSR count). The highest BCUT2D eigenvalue weighted by Gasteiger charge is 2.30.